The summed E-state index contributed by atoms with van der Waals surface area (Å²) in [4.78, 5) is 16.0. The minimum Gasteiger partial charge on any atom is -0.426 e. The second-order valence-electron chi connectivity index (χ2n) is 4.60. The highest BCUT2D eigenvalue weighted by molar-refractivity contribution is 5.75. The molecule has 0 atom stereocenters. The van der Waals surface area contributed by atoms with Crippen LogP contribution in [0.5, 0.6) is 5.75 Å². The Hall–Kier alpha value is -2.17. The Morgan fingerprint density at radius 2 is 1.90 bits per heavy atom. The van der Waals surface area contributed by atoms with Crippen molar-refractivity contribution in [3.63, 3.8) is 0 Å². The zero-order valence-corrected chi connectivity index (χ0v) is 11.9. The summed E-state index contributed by atoms with van der Waals surface area (Å²) in [5.74, 6) is 1.35. The first-order chi connectivity index (χ1) is 9.63. The first-order valence-electron chi connectivity index (χ1n) is 6.76. The lowest BCUT2D eigenvalue weighted by atomic mass is 10.0. The summed E-state index contributed by atoms with van der Waals surface area (Å²) in [6, 6.07) is 7.09. The number of hydrogen-bond donors (Lipinski definition) is 0. The van der Waals surface area contributed by atoms with Crippen LogP contribution < -0.4 is 4.74 Å². The maximum Gasteiger partial charge on any atom is 0.314 e. The molecular weight excluding hydrogens is 256 g/mol. The molecule has 0 fully saturated rings. The van der Waals surface area contributed by atoms with Crippen LogP contribution in [0.4, 0.5) is 0 Å². The van der Waals surface area contributed by atoms with Gasteiger partial charge >= 0.3 is 5.97 Å². The highest BCUT2D eigenvalue weighted by Gasteiger charge is 2.16. The van der Waals surface area contributed by atoms with E-state index in [9.17, 15) is 4.79 Å². The first kappa shape index (κ1) is 14.2. The monoisotopic (exact) mass is 274 g/mol. The molecule has 0 bridgehead atoms. The molecule has 20 heavy (non-hydrogen) atoms. The lowest BCUT2D eigenvalue weighted by Crippen LogP contribution is -2.19. The van der Waals surface area contributed by atoms with Crippen LogP contribution in [-0.4, -0.2) is 16.1 Å². The van der Waals surface area contributed by atoms with Crippen molar-refractivity contribution >= 4 is 5.97 Å². The van der Waals surface area contributed by atoms with Gasteiger partial charge < -0.3 is 9.26 Å². The highest BCUT2D eigenvalue weighted by atomic mass is 16.5. The van der Waals surface area contributed by atoms with Crippen molar-refractivity contribution in [2.45, 2.75) is 33.6 Å². The van der Waals surface area contributed by atoms with Gasteiger partial charge in [0.05, 0.1) is 5.92 Å². The van der Waals surface area contributed by atoms with Crippen LogP contribution in [0, 0.1) is 12.8 Å². The number of esters is 1. The molecule has 0 aliphatic carbocycles. The average molecular weight is 274 g/mol. The number of rotatable bonds is 5. The first-order valence-corrected chi connectivity index (χ1v) is 6.76. The van der Waals surface area contributed by atoms with Gasteiger partial charge in [-0.15, -0.1) is 0 Å². The normalized spacial score (nSPS) is 10.8. The maximum absolute atomic E-state index is 11.9. The van der Waals surface area contributed by atoms with Crippen molar-refractivity contribution in [3.8, 4) is 17.1 Å². The van der Waals surface area contributed by atoms with E-state index >= 15 is 0 Å². The van der Waals surface area contributed by atoms with E-state index in [1.54, 1.807) is 31.2 Å². The zero-order valence-electron chi connectivity index (χ0n) is 11.9. The third-order valence-corrected chi connectivity index (χ3v) is 3.18. The minimum atomic E-state index is -0.182. The van der Waals surface area contributed by atoms with Crippen LogP contribution in [0.15, 0.2) is 28.8 Å². The van der Waals surface area contributed by atoms with Gasteiger partial charge in [-0.2, -0.15) is 4.98 Å². The fraction of sp³-hybridized carbons (Fsp3) is 0.400. The molecule has 2 aromatic rings. The van der Waals surface area contributed by atoms with E-state index in [2.05, 4.69) is 10.1 Å². The number of carbonyl (C=O) groups excluding carboxylic acids is 1. The predicted octanol–water partition coefficient (Wildman–Crippen LogP) is 3.39. The van der Waals surface area contributed by atoms with E-state index in [4.69, 9.17) is 9.26 Å². The second kappa shape index (κ2) is 6.32. The van der Waals surface area contributed by atoms with Crippen LogP contribution in [0.3, 0.4) is 0 Å². The molecule has 0 amide bonds. The van der Waals surface area contributed by atoms with Gasteiger partial charge in [0.25, 0.3) is 0 Å². The Balaban J connectivity index is 2.07. The van der Waals surface area contributed by atoms with Gasteiger partial charge in [0.15, 0.2) is 0 Å². The molecule has 1 aromatic carbocycles. The third kappa shape index (κ3) is 3.23. The average Bonchev–Trinajstić information content (AvgIpc) is 2.87. The number of ether oxygens (including phenoxy) is 1. The van der Waals surface area contributed by atoms with E-state index in [0.29, 0.717) is 17.5 Å². The van der Waals surface area contributed by atoms with Gasteiger partial charge in [0, 0.05) is 12.5 Å². The topological polar surface area (TPSA) is 65.2 Å². The Morgan fingerprint density at radius 3 is 2.40 bits per heavy atom. The number of benzene rings is 1. The quantitative estimate of drug-likeness (QED) is 0.617. The Bertz CT molecular complexity index is 571. The van der Waals surface area contributed by atoms with E-state index in [0.717, 1.165) is 18.4 Å². The summed E-state index contributed by atoms with van der Waals surface area (Å²) in [7, 11) is 0. The summed E-state index contributed by atoms with van der Waals surface area (Å²) in [6.45, 7) is 5.70. The van der Waals surface area contributed by atoms with E-state index in [1.807, 2.05) is 13.8 Å². The molecule has 2 rings (SSSR count). The van der Waals surface area contributed by atoms with Gasteiger partial charge in [-0.25, -0.2) is 0 Å². The van der Waals surface area contributed by atoms with E-state index in [1.165, 1.54) is 0 Å². The number of aromatic nitrogens is 2. The van der Waals surface area contributed by atoms with Gasteiger partial charge in [-0.1, -0.05) is 19.0 Å². The van der Waals surface area contributed by atoms with Crippen molar-refractivity contribution in [2.24, 2.45) is 5.92 Å². The van der Waals surface area contributed by atoms with Crippen molar-refractivity contribution < 1.29 is 14.1 Å². The molecule has 106 valence electrons. The number of hydrogen-bond acceptors (Lipinski definition) is 5. The maximum atomic E-state index is 11.9. The molecule has 0 unspecified atom stereocenters. The zero-order chi connectivity index (χ0) is 14.5. The summed E-state index contributed by atoms with van der Waals surface area (Å²) in [5.41, 5.74) is 0.823. The minimum absolute atomic E-state index is 0.0467. The number of aryl methyl sites for hydroxylation is 1. The molecule has 0 aliphatic heterocycles. The van der Waals surface area contributed by atoms with Crippen molar-refractivity contribution in [3.05, 3.63) is 30.2 Å². The lowest BCUT2D eigenvalue weighted by molar-refractivity contribution is -0.139. The molecule has 1 heterocycles. The van der Waals surface area contributed by atoms with Crippen LogP contribution in [0.25, 0.3) is 11.4 Å². The van der Waals surface area contributed by atoms with Crippen LogP contribution in [-0.2, 0) is 4.79 Å². The van der Waals surface area contributed by atoms with Gasteiger partial charge in [-0.3, -0.25) is 4.79 Å². The van der Waals surface area contributed by atoms with Gasteiger partial charge in [0.1, 0.15) is 5.75 Å². The van der Waals surface area contributed by atoms with Gasteiger partial charge in [-0.05, 0) is 37.1 Å². The van der Waals surface area contributed by atoms with E-state index in [-0.39, 0.29) is 11.9 Å². The van der Waals surface area contributed by atoms with Crippen LogP contribution in [0.1, 0.15) is 32.6 Å². The molecular formula is C15H18N2O3. The largest absolute Gasteiger partial charge is 0.426 e. The van der Waals surface area contributed by atoms with Gasteiger partial charge in [0.2, 0.25) is 11.7 Å². The smallest absolute Gasteiger partial charge is 0.314 e. The molecule has 0 radical (unpaired) electrons. The molecule has 1 aromatic heterocycles. The van der Waals surface area contributed by atoms with Crippen LogP contribution >= 0.6 is 0 Å². The summed E-state index contributed by atoms with van der Waals surface area (Å²) < 4.78 is 10.3. The molecule has 0 aliphatic rings. The second-order valence-corrected chi connectivity index (χ2v) is 4.60. The Kier molecular flexibility index (Phi) is 4.50. The fourth-order valence-corrected chi connectivity index (χ4v) is 1.91. The molecule has 0 spiro atoms. The molecule has 5 heteroatoms. The third-order valence-electron chi connectivity index (χ3n) is 3.18. The Morgan fingerprint density at radius 1 is 1.25 bits per heavy atom. The summed E-state index contributed by atoms with van der Waals surface area (Å²) in [6.07, 6.45) is 1.57. The number of nitrogens with zero attached hydrogens (tertiary/aromatic N) is 2. The van der Waals surface area contributed by atoms with Crippen molar-refractivity contribution in [2.75, 3.05) is 0 Å². The molecule has 0 saturated heterocycles. The highest BCUT2D eigenvalue weighted by Crippen LogP contribution is 2.21. The van der Waals surface area contributed by atoms with E-state index < -0.39 is 0 Å². The SMILES string of the molecule is CCC(CC)C(=O)Oc1ccc(-c2noc(C)n2)cc1. The number of carbonyl (C=O) groups is 1. The summed E-state index contributed by atoms with van der Waals surface area (Å²) in [5, 5.41) is 3.84. The molecule has 0 saturated carbocycles. The Labute approximate surface area is 118 Å². The standard InChI is InChI=1S/C15H18N2O3/c1-4-11(5-2)15(18)19-13-8-6-12(7-9-13)14-16-10(3)20-17-14/h6-9,11H,4-5H2,1-3H3. The predicted molar refractivity (Wildman–Crippen MR) is 74.2 cm³/mol. The molecule has 5 nitrogen and oxygen atoms in total. The summed E-state index contributed by atoms with van der Waals surface area (Å²) >= 11 is 0. The van der Waals surface area contributed by atoms with Crippen molar-refractivity contribution in [1.82, 2.24) is 10.1 Å². The van der Waals surface area contributed by atoms with Crippen molar-refractivity contribution in [1.29, 1.82) is 0 Å². The lowest BCUT2D eigenvalue weighted by Gasteiger charge is -2.11. The van der Waals surface area contributed by atoms with Crippen LogP contribution in [0.2, 0.25) is 0 Å². The fourth-order valence-electron chi connectivity index (χ4n) is 1.91. The molecule has 0 N–H and O–H groups in total.